The lowest BCUT2D eigenvalue weighted by Crippen LogP contribution is -2.38. The molecule has 0 saturated carbocycles. The molecule has 130 valence electrons. The van der Waals surface area contributed by atoms with Crippen LogP contribution in [0.15, 0.2) is 54.6 Å². The smallest absolute Gasteiger partial charge is 0.347 e. The number of esters is 1. The summed E-state index contributed by atoms with van der Waals surface area (Å²) in [7, 11) is 4.47. The molecule has 5 heteroatoms. The summed E-state index contributed by atoms with van der Waals surface area (Å²) in [6.07, 6.45) is 1.91. The Balaban J connectivity index is 2.19. The Morgan fingerprint density at radius 3 is 2.36 bits per heavy atom. The molecule has 5 nitrogen and oxygen atoms in total. The fourth-order valence-corrected chi connectivity index (χ4v) is 3.13. The summed E-state index contributed by atoms with van der Waals surface area (Å²) in [5.41, 5.74) is 0.951. The molecule has 3 rings (SSSR count). The third-order valence-electron chi connectivity index (χ3n) is 4.31. The fraction of sp³-hybridized carbons (Fsp3) is 0.250. The van der Waals surface area contributed by atoms with Crippen LogP contribution in [-0.4, -0.2) is 33.9 Å². The van der Waals surface area contributed by atoms with Gasteiger partial charge in [0.1, 0.15) is 0 Å². The number of benzene rings is 2. The van der Waals surface area contributed by atoms with E-state index in [1.165, 1.54) is 7.11 Å². The maximum atomic E-state index is 12.8. The van der Waals surface area contributed by atoms with Crippen LogP contribution in [0, 0.1) is 0 Å². The third-order valence-corrected chi connectivity index (χ3v) is 4.31. The lowest BCUT2D eigenvalue weighted by Gasteiger charge is -2.30. The maximum absolute atomic E-state index is 12.8. The van der Waals surface area contributed by atoms with Crippen molar-refractivity contribution in [3.05, 3.63) is 65.7 Å². The lowest BCUT2D eigenvalue weighted by atomic mass is 9.83. The molecule has 0 spiro atoms. The molecular weight excluding hydrogens is 320 g/mol. The van der Waals surface area contributed by atoms with Gasteiger partial charge in [-0.2, -0.15) is 0 Å². The minimum absolute atomic E-state index is 0.313. The lowest BCUT2D eigenvalue weighted by molar-refractivity contribution is -0.160. The van der Waals surface area contributed by atoms with E-state index >= 15 is 0 Å². The Hall–Kier alpha value is -2.79. The first-order chi connectivity index (χ1) is 12.2. The first kappa shape index (κ1) is 17.0. The van der Waals surface area contributed by atoms with Gasteiger partial charge < -0.3 is 18.9 Å². The van der Waals surface area contributed by atoms with Crippen LogP contribution in [0.25, 0.3) is 5.57 Å². The van der Waals surface area contributed by atoms with Gasteiger partial charge in [-0.3, -0.25) is 0 Å². The van der Waals surface area contributed by atoms with Crippen LogP contribution in [0.5, 0.6) is 11.5 Å². The molecule has 0 radical (unpaired) electrons. The summed E-state index contributed by atoms with van der Waals surface area (Å²) in [5.74, 6) is 0.619. The number of methoxy groups -OCH3 is 3. The molecule has 0 bridgehead atoms. The summed E-state index contributed by atoms with van der Waals surface area (Å²) in [6, 6.07) is 15.0. The number of hydrogen-bond acceptors (Lipinski definition) is 5. The van der Waals surface area contributed by atoms with Crippen molar-refractivity contribution in [2.75, 3.05) is 27.9 Å². The van der Waals surface area contributed by atoms with E-state index < -0.39 is 11.6 Å². The molecule has 0 aliphatic carbocycles. The van der Waals surface area contributed by atoms with Gasteiger partial charge in [-0.1, -0.05) is 42.5 Å². The first-order valence-electron chi connectivity index (χ1n) is 7.88. The predicted octanol–water partition coefficient (Wildman–Crippen LogP) is 3.19. The maximum Gasteiger partial charge on any atom is 0.347 e. The second-order valence-corrected chi connectivity index (χ2v) is 5.54. The molecule has 0 fully saturated rings. The van der Waals surface area contributed by atoms with E-state index in [0.29, 0.717) is 23.7 Å². The van der Waals surface area contributed by atoms with Crippen LogP contribution < -0.4 is 9.47 Å². The topological polar surface area (TPSA) is 54.0 Å². The molecule has 0 amide bonds. The molecule has 1 aliphatic heterocycles. The second-order valence-electron chi connectivity index (χ2n) is 5.54. The normalized spacial score (nSPS) is 19.2. The quantitative estimate of drug-likeness (QED) is 0.783. The zero-order chi connectivity index (χ0) is 17.9. The highest BCUT2D eigenvalue weighted by molar-refractivity contribution is 5.98. The van der Waals surface area contributed by atoms with Crippen LogP contribution in [0.2, 0.25) is 0 Å². The van der Waals surface area contributed by atoms with E-state index in [0.717, 1.165) is 11.1 Å². The Kier molecular flexibility index (Phi) is 4.76. The SMILES string of the molecule is COC(=O)C1(c2ccc(OC)c(OC)c2)OCC=C1c1ccccc1. The van der Waals surface area contributed by atoms with Gasteiger partial charge in [0.05, 0.1) is 27.9 Å². The second kappa shape index (κ2) is 6.99. The van der Waals surface area contributed by atoms with E-state index in [9.17, 15) is 4.79 Å². The molecule has 2 aromatic rings. The van der Waals surface area contributed by atoms with Crippen LogP contribution in [0.3, 0.4) is 0 Å². The molecule has 1 aliphatic rings. The molecule has 0 saturated heterocycles. The summed E-state index contributed by atoms with van der Waals surface area (Å²) in [6.45, 7) is 0.313. The van der Waals surface area contributed by atoms with Gasteiger partial charge in [-0.25, -0.2) is 4.79 Å². The van der Waals surface area contributed by atoms with Crippen molar-refractivity contribution in [1.29, 1.82) is 0 Å². The molecular formula is C20H20O5. The van der Waals surface area contributed by atoms with Crippen LogP contribution in [-0.2, 0) is 19.9 Å². The number of rotatable bonds is 5. The number of carbonyl (C=O) groups is 1. The standard InChI is InChI=1S/C20H20O5/c1-22-17-10-9-15(13-18(17)23-2)20(19(21)24-3)16(11-12-25-20)14-7-5-4-6-8-14/h4-11,13H,12H2,1-3H3. The monoisotopic (exact) mass is 340 g/mol. The highest BCUT2D eigenvalue weighted by Gasteiger charge is 2.49. The largest absolute Gasteiger partial charge is 0.493 e. The van der Waals surface area contributed by atoms with E-state index in [2.05, 4.69) is 0 Å². The van der Waals surface area contributed by atoms with Crippen molar-refractivity contribution in [1.82, 2.24) is 0 Å². The molecule has 1 heterocycles. The van der Waals surface area contributed by atoms with Crippen molar-refractivity contribution in [3.8, 4) is 11.5 Å². The van der Waals surface area contributed by atoms with Gasteiger partial charge in [-0.05, 0) is 17.7 Å². The zero-order valence-electron chi connectivity index (χ0n) is 14.4. The zero-order valence-corrected chi connectivity index (χ0v) is 14.4. The highest BCUT2D eigenvalue weighted by atomic mass is 16.6. The van der Waals surface area contributed by atoms with Crippen LogP contribution in [0.4, 0.5) is 0 Å². The van der Waals surface area contributed by atoms with Gasteiger partial charge in [-0.15, -0.1) is 0 Å². The van der Waals surface area contributed by atoms with Gasteiger partial charge >= 0.3 is 5.97 Å². The number of ether oxygens (including phenoxy) is 4. The molecule has 0 N–H and O–H groups in total. The summed E-state index contributed by atoms with van der Waals surface area (Å²) >= 11 is 0. The Morgan fingerprint density at radius 1 is 1.00 bits per heavy atom. The third kappa shape index (κ3) is 2.76. The number of carbonyl (C=O) groups excluding carboxylic acids is 1. The highest BCUT2D eigenvalue weighted by Crippen LogP contribution is 2.46. The van der Waals surface area contributed by atoms with Crippen molar-refractivity contribution < 1.29 is 23.7 Å². The Morgan fingerprint density at radius 2 is 1.72 bits per heavy atom. The van der Waals surface area contributed by atoms with E-state index in [-0.39, 0.29) is 0 Å². The predicted molar refractivity (Wildman–Crippen MR) is 93.6 cm³/mol. The summed E-state index contributed by atoms with van der Waals surface area (Å²) < 4.78 is 21.7. The molecule has 0 aromatic heterocycles. The summed E-state index contributed by atoms with van der Waals surface area (Å²) in [5, 5.41) is 0. The van der Waals surface area contributed by atoms with E-state index in [1.54, 1.807) is 32.4 Å². The van der Waals surface area contributed by atoms with Crippen LogP contribution in [0.1, 0.15) is 11.1 Å². The van der Waals surface area contributed by atoms with E-state index in [1.807, 2.05) is 36.4 Å². The molecule has 1 unspecified atom stereocenters. The van der Waals surface area contributed by atoms with Crippen molar-refractivity contribution in [2.45, 2.75) is 5.60 Å². The van der Waals surface area contributed by atoms with E-state index in [4.69, 9.17) is 18.9 Å². The summed E-state index contributed by atoms with van der Waals surface area (Å²) in [4.78, 5) is 12.8. The van der Waals surface area contributed by atoms with Crippen molar-refractivity contribution in [2.24, 2.45) is 0 Å². The number of hydrogen-bond donors (Lipinski definition) is 0. The molecule has 2 aromatic carbocycles. The Labute approximate surface area is 146 Å². The van der Waals surface area contributed by atoms with Gasteiger partial charge in [0, 0.05) is 11.1 Å². The van der Waals surface area contributed by atoms with Gasteiger partial charge in [0.2, 0.25) is 5.60 Å². The van der Waals surface area contributed by atoms with Crippen molar-refractivity contribution >= 4 is 11.5 Å². The van der Waals surface area contributed by atoms with Gasteiger partial charge in [0.15, 0.2) is 11.5 Å². The molecule has 1 atom stereocenters. The minimum atomic E-state index is -1.34. The van der Waals surface area contributed by atoms with Gasteiger partial charge in [0.25, 0.3) is 0 Å². The van der Waals surface area contributed by atoms with Crippen molar-refractivity contribution in [3.63, 3.8) is 0 Å². The molecule has 25 heavy (non-hydrogen) atoms. The first-order valence-corrected chi connectivity index (χ1v) is 7.88. The Bertz CT molecular complexity index is 797. The van der Waals surface area contributed by atoms with Crippen LogP contribution >= 0.6 is 0 Å². The average Bonchev–Trinajstić information content (AvgIpc) is 3.13. The fourth-order valence-electron chi connectivity index (χ4n) is 3.13. The average molecular weight is 340 g/mol. The minimum Gasteiger partial charge on any atom is -0.493 e.